The molecular weight excluding hydrogens is 262 g/mol. The highest BCUT2D eigenvalue weighted by atomic mass is 79.9. The number of fused-ring (bicyclic) bond motifs is 1. The van der Waals surface area contributed by atoms with Crippen LogP contribution in [-0.4, -0.2) is 3.59 Å². The Hall–Kier alpha value is -1.54. The van der Waals surface area contributed by atoms with E-state index >= 15 is 0 Å². The molecule has 0 atom stereocenters. The minimum atomic E-state index is 1.20. The van der Waals surface area contributed by atoms with Crippen molar-refractivity contribution in [1.82, 2.24) is 3.59 Å². The molecule has 2 heteroatoms. The fourth-order valence-corrected chi connectivity index (χ4v) is 2.50. The Bertz CT molecular complexity index is 626. The first-order valence-electron chi connectivity index (χ1n) is 5.18. The van der Waals surface area contributed by atoms with Crippen LogP contribution in [0.3, 0.4) is 0 Å². The molecule has 16 heavy (non-hydrogen) atoms. The zero-order valence-electron chi connectivity index (χ0n) is 8.60. The maximum atomic E-state index is 3.53. The average molecular weight is 272 g/mol. The van der Waals surface area contributed by atoms with Crippen LogP contribution in [0.15, 0.2) is 60.8 Å². The predicted molar refractivity (Wildman–Crippen MR) is 71.7 cm³/mol. The Morgan fingerprint density at radius 2 is 1.50 bits per heavy atom. The van der Waals surface area contributed by atoms with E-state index in [2.05, 4.69) is 70.9 Å². The van der Waals surface area contributed by atoms with Crippen LogP contribution in [0.2, 0.25) is 0 Å². The summed E-state index contributed by atoms with van der Waals surface area (Å²) in [7, 11) is 0. The minimum absolute atomic E-state index is 1.20. The van der Waals surface area contributed by atoms with Gasteiger partial charge in [-0.1, -0.05) is 48.5 Å². The maximum absolute atomic E-state index is 3.53. The molecule has 0 spiro atoms. The smallest absolute Gasteiger partial charge is 0.0597 e. The van der Waals surface area contributed by atoms with Crippen molar-refractivity contribution in [3.05, 3.63) is 60.8 Å². The molecule has 0 aliphatic heterocycles. The first kappa shape index (κ1) is 9.67. The first-order chi connectivity index (χ1) is 7.86. The highest BCUT2D eigenvalue weighted by Crippen LogP contribution is 2.31. The monoisotopic (exact) mass is 271 g/mol. The third-order valence-electron chi connectivity index (χ3n) is 2.75. The second-order valence-electron chi connectivity index (χ2n) is 3.74. The van der Waals surface area contributed by atoms with Crippen molar-refractivity contribution in [3.63, 3.8) is 0 Å². The van der Waals surface area contributed by atoms with Gasteiger partial charge in [0.05, 0.1) is 21.7 Å². The lowest BCUT2D eigenvalue weighted by Crippen LogP contribution is -1.73. The Labute approximate surface area is 103 Å². The molecule has 0 amide bonds. The molecule has 1 aromatic heterocycles. The Kier molecular flexibility index (Phi) is 2.29. The van der Waals surface area contributed by atoms with Gasteiger partial charge in [0, 0.05) is 17.1 Å². The molecule has 1 nitrogen and oxygen atoms in total. The highest BCUT2D eigenvalue weighted by Gasteiger charge is 2.07. The fourth-order valence-electron chi connectivity index (χ4n) is 1.99. The van der Waals surface area contributed by atoms with Gasteiger partial charge < -0.3 is 0 Å². The number of aromatic nitrogens is 1. The lowest BCUT2D eigenvalue weighted by atomic mass is 10.1. The maximum Gasteiger partial charge on any atom is 0.0597 e. The predicted octanol–water partition coefficient (Wildman–Crippen LogP) is 4.47. The number of para-hydroxylation sites is 1. The lowest BCUT2D eigenvalue weighted by Gasteiger charge is -1.97. The molecule has 3 aromatic rings. The first-order valence-corrected chi connectivity index (χ1v) is 5.89. The SMILES string of the molecule is Brn1cc(-c2ccccc2)c2ccccc21. The van der Waals surface area contributed by atoms with E-state index in [0.717, 1.165) is 0 Å². The van der Waals surface area contributed by atoms with Gasteiger partial charge in [-0.15, -0.1) is 0 Å². The van der Waals surface area contributed by atoms with E-state index in [1.165, 1.54) is 22.0 Å². The van der Waals surface area contributed by atoms with Crippen molar-refractivity contribution in [1.29, 1.82) is 0 Å². The number of hydrogen-bond acceptors (Lipinski definition) is 0. The highest BCUT2D eigenvalue weighted by molar-refractivity contribution is 9.08. The molecule has 1 heterocycles. The Morgan fingerprint density at radius 1 is 0.812 bits per heavy atom. The van der Waals surface area contributed by atoms with Gasteiger partial charge in [0.15, 0.2) is 0 Å². The minimum Gasteiger partial charge on any atom is -0.283 e. The summed E-state index contributed by atoms with van der Waals surface area (Å²) < 4.78 is 1.99. The summed E-state index contributed by atoms with van der Waals surface area (Å²) in [6.07, 6.45) is 2.11. The van der Waals surface area contributed by atoms with Crippen LogP contribution in [0.5, 0.6) is 0 Å². The quantitative estimate of drug-likeness (QED) is 0.616. The van der Waals surface area contributed by atoms with E-state index in [-0.39, 0.29) is 0 Å². The molecule has 0 aliphatic rings. The number of rotatable bonds is 1. The van der Waals surface area contributed by atoms with Gasteiger partial charge in [0.25, 0.3) is 0 Å². The molecule has 0 bridgehead atoms. The van der Waals surface area contributed by atoms with Gasteiger partial charge in [0.2, 0.25) is 0 Å². The summed E-state index contributed by atoms with van der Waals surface area (Å²) in [6.45, 7) is 0. The molecule has 78 valence electrons. The zero-order chi connectivity index (χ0) is 11.0. The van der Waals surface area contributed by atoms with Gasteiger partial charge in [-0.25, -0.2) is 0 Å². The van der Waals surface area contributed by atoms with Gasteiger partial charge >= 0.3 is 0 Å². The van der Waals surface area contributed by atoms with Crippen molar-refractivity contribution in [2.45, 2.75) is 0 Å². The van der Waals surface area contributed by atoms with Crippen LogP contribution < -0.4 is 0 Å². The van der Waals surface area contributed by atoms with Crippen molar-refractivity contribution in [3.8, 4) is 11.1 Å². The summed E-state index contributed by atoms with van der Waals surface area (Å²) in [5, 5.41) is 1.27. The van der Waals surface area contributed by atoms with E-state index < -0.39 is 0 Å². The van der Waals surface area contributed by atoms with E-state index in [1.807, 2.05) is 9.66 Å². The van der Waals surface area contributed by atoms with Gasteiger partial charge in [-0.05, 0) is 11.6 Å². The standard InChI is InChI=1S/C14H10BrN/c15-16-10-13(11-6-2-1-3-7-11)12-8-4-5-9-14(12)16/h1-10H. The summed E-state index contributed by atoms with van der Waals surface area (Å²) in [4.78, 5) is 0. The number of nitrogens with zero attached hydrogens (tertiary/aromatic N) is 1. The summed E-state index contributed by atoms with van der Waals surface area (Å²) >= 11 is 3.53. The van der Waals surface area contributed by atoms with Crippen LogP contribution in [0.4, 0.5) is 0 Å². The average Bonchev–Trinajstić information content (AvgIpc) is 2.69. The van der Waals surface area contributed by atoms with Gasteiger partial charge in [0.1, 0.15) is 0 Å². The molecule has 0 radical (unpaired) electrons. The second kappa shape index (κ2) is 3.80. The second-order valence-corrected chi connectivity index (χ2v) is 4.50. The summed E-state index contributed by atoms with van der Waals surface area (Å²) in [6, 6.07) is 18.8. The molecule has 0 saturated heterocycles. The van der Waals surface area contributed by atoms with Crippen LogP contribution in [0, 0.1) is 0 Å². The van der Waals surface area contributed by atoms with Gasteiger partial charge in [-0.3, -0.25) is 3.59 Å². The van der Waals surface area contributed by atoms with Crippen molar-refractivity contribution >= 4 is 27.1 Å². The summed E-state index contributed by atoms with van der Waals surface area (Å²) in [5.74, 6) is 0. The largest absolute Gasteiger partial charge is 0.283 e. The van der Waals surface area contributed by atoms with E-state index in [4.69, 9.17) is 0 Å². The summed E-state index contributed by atoms with van der Waals surface area (Å²) in [5.41, 5.74) is 3.70. The normalized spacial score (nSPS) is 10.8. The van der Waals surface area contributed by atoms with Gasteiger partial charge in [-0.2, -0.15) is 0 Å². The van der Waals surface area contributed by atoms with E-state index in [9.17, 15) is 0 Å². The van der Waals surface area contributed by atoms with Crippen LogP contribution >= 0.6 is 16.1 Å². The molecular formula is C14H10BrN. The van der Waals surface area contributed by atoms with Crippen LogP contribution in [-0.2, 0) is 0 Å². The van der Waals surface area contributed by atoms with Crippen molar-refractivity contribution in [2.24, 2.45) is 0 Å². The Balaban J connectivity index is 2.33. The molecule has 0 unspecified atom stereocenters. The molecule has 0 saturated carbocycles. The fraction of sp³-hybridized carbons (Fsp3) is 0. The van der Waals surface area contributed by atoms with Crippen molar-refractivity contribution < 1.29 is 0 Å². The Morgan fingerprint density at radius 3 is 2.31 bits per heavy atom. The molecule has 0 aliphatic carbocycles. The van der Waals surface area contributed by atoms with E-state index in [0.29, 0.717) is 0 Å². The third kappa shape index (κ3) is 1.46. The molecule has 0 fully saturated rings. The zero-order valence-corrected chi connectivity index (χ0v) is 10.2. The number of halogens is 1. The van der Waals surface area contributed by atoms with Crippen LogP contribution in [0.25, 0.3) is 22.0 Å². The topological polar surface area (TPSA) is 4.93 Å². The van der Waals surface area contributed by atoms with E-state index in [1.54, 1.807) is 0 Å². The lowest BCUT2D eigenvalue weighted by molar-refractivity contribution is 1.39. The number of hydrogen-bond donors (Lipinski definition) is 0. The number of benzene rings is 2. The molecule has 0 N–H and O–H groups in total. The molecule has 2 aromatic carbocycles. The van der Waals surface area contributed by atoms with Crippen LogP contribution in [0.1, 0.15) is 0 Å². The molecule has 3 rings (SSSR count). The third-order valence-corrected chi connectivity index (χ3v) is 3.34. The van der Waals surface area contributed by atoms with Crippen molar-refractivity contribution in [2.75, 3.05) is 0 Å².